The van der Waals surface area contributed by atoms with Crippen molar-refractivity contribution >= 4 is 0 Å². The van der Waals surface area contributed by atoms with Crippen molar-refractivity contribution in [1.82, 2.24) is 4.90 Å². The molecule has 0 aromatic rings. The molecule has 0 heterocycles. The molecule has 0 bridgehead atoms. The zero-order chi connectivity index (χ0) is 11.8. The summed E-state index contributed by atoms with van der Waals surface area (Å²) >= 11 is 0. The van der Waals surface area contributed by atoms with Crippen LogP contribution >= 0.6 is 0 Å². The first kappa shape index (κ1) is 14.9. The van der Waals surface area contributed by atoms with Crippen LogP contribution in [0.15, 0.2) is 0 Å². The zero-order valence-electron chi connectivity index (χ0n) is 11.3. The van der Waals surface area contributed by atoms with E-state index < -0.39 is 0 Å². The van der Waals surface area contributed by atoms with Gasteiger partial charge in [0.2, 0.25) is 0 Å². The zero-order valence-corrected chi connectivity index (χ0v) is 11.3. The Kier molecular flexibility index (Phi) is 8.07. The monoisotopic (exact) mass is 214 g/mol. The van der Waals surface area contributed by atoms with Gasteiger partial charge in [-0.15, -0.1) is 0 Å². The lowest BCUT2D eigenvalue weighted by molar-refractivity contribution is 0.161. The maximum atomic E-state index is 5.83. The molecule has 2 N–H and O–H groups in total. The molecule has 0 aliphatic rings. The predicted molar refractivity (Wildman–Crippen MR) is 69.0 cm³/mol. The Hall–Kier alpha value is -0.0800. The summed E-state index contributed by atoms with van der Waals surface area (Å²) in [6, 6.07) is 1.07. The molecule has 0 aliphatic heterocycles. The third-order valence-corrected chi connectivity index (χ3v) is 2.93. The van der Waals surface area contributed by atoms with Gasteiger partial charge in [0.1, 0.15) is 0 Å². The first-order valence-corrected chi connectivity index (χ1v) is 6.50. The fraction of sp³-hybridized carbons (Fsp3) is 1.00. The van der Waals surface area contributed by atoms with Gasteiger partial charge in [-0.1, -0.05) is 27.7 Å². The number of rotatable bonds is 8. The Morgan fingerprint density at radius 3 is 1.93 bits per heavy atom. The molecule has 0 amide bonds. The van der Waals surface area contributed by atoms with Gasteiger partial charge in [-0.05, 0) is 38.6 Å². The minimum Gasteiger partial charge on any atom is -0.328 e. The topological polar surface area (TPSA) is 29.3 Å². The fourth-order valence-electron chi connectivity index (χ4n) is 2.07. The van der Waals surface area contributed by atoms with E-state index in [4.69, 9.17) is 5.73 Å². The van der Waals surface area contributed by atoms with E-state index in [1.165, 1.54) is 19.4 Å². The maximum absolute atomic E-state index is 5.83. The van der Waals surface area contributed by atoms with Crippen molar-refractivity contribution in [2.75, 3.05) is 13.1 Å². The molecule has 0 rings (SSSR count). The van der Waals surface area contributed by atoms with Gasteiger partial charge in [-0.3, -0.25) is 0 Å². The van der Waals surface area contributed by atoms with E-state index in [1.807, 2.05) is 0 Å². The van der Waals surface area contributed by atoms with E-state index in [1.54, 1.807) is 0 Å². The molecule has 92 valence electrons. The van der Waals surface area contributed by atoms with Gasteiger partial charge in [0.15, 0.2) is 0 Å². The molecule has 0 saturated heterocycles. The van der Waals surface area contributed by atoms with Crippen LogP contribution in [0.1, 0.15) is 53.9 Å². The van der Waals surface area contributed by atoms with Crippen LogP contribution in [0.3, 0.4) is 0 Å². The van der Waals surface area contributed by atoms with Gasteiger partial charge in [0.05, 0.1) is 0 Å². The molecule has 0 spiro atoms. The molecule has 1 atom stereocenters. The average molecular weight is 214 g/mol. The molecule has 0 radical (unpaired) electrons. The third-order valence-electron chi connectivity index (χ3n) is 2.93. The average Bonchev–Trinajstić information content (AvgIpc) is 2.14. The Labute approximate surface area is 96.2 Å². The van der Waals surface area contributed by atoms with Gasteiger partial charge in [0.25, 0.3) is 0 Å². The first-order valence-electron chi connectivity index (χ1n) is 6.50. The summed E-state index contributed by atoms with van der Waals surface area (Å²) in [4.78, 5) is 2.62. The van der Waals surface area contributed by atoms with Crippen LogP contribution < -0.4 is 5.73 Å². The summed E-state index contributed by atoms with van der Waals surface area (Å²) in [7, 11) is 0. The van der Waals surface area contributed by atoms with Crippen LogP contribution in [0.25, 0.3) is 0 Å². The minimum atomic E-state index is 0.328. The van der Waals surface area contributed by atoms with Crippen LogP contribution in [-0.4, -0.2) is 30.1 Å². The van der Waals surface area contributed by atoms with Crippen LogP contribution in [-0.2, 0) is 0 Å². The van der Waals surface area contributed by atoms with Crippen molar-refractivity contribution in [1.29, 1.82) is 0 Å². The quantitative estimate of drug-likeness (QED) is 0.673. The molecular formula is C13H30N2. The summed E-state index contributed by atoms with van der Waals surface area (Å²) in [6.07, 6.45) is 3.62. The summed E-state index contributed by atoms with van der Waals surface area (Å²) in [6.45, 7) is 13.6. The smallest absolute Gasteiger partial charge is 0.00901 e. The second-order valence-electron chi connectivity index (χ2n) is 5.13. The van der Waals surface area contributed by atoms with Crippen molar-refractivity contribution in [2.45, 2.75) is 66.0 Å². The maximum Gasteiger partial charge on any atom is 0.00901 e. The molecule has 0 aliphatic carbocycles. The second kappa shape index (κ2) is 8.12. The lowest BCUT2D eigenvalue weighted by Crippen LogP contribution is -2.39. The van der Waals surface area contributed by atoms with Crippen LogP contribution in [0, 0.1) is 5.92 Å². The predicted octanol–water partition coefficient (Wildman–Crippen LogP) is 2.87. The van der Waals surface area contributed by atoms with Crippen molar-refractivity contribution < 1.29 is 0 Å². The molecule has 0 aromatic heterocycles. The van der Waals surface area contributed by atoms with Crippen molar-refractivity contribution in [3.05, 3.63) is 0 Å². The van der Waals surface area contributed by atoms with Gasteiger partial charge >= 0.3 is 0 Å². The highest BCUT2D eigenvalue weighted by atomic mass is 15.2. The standard InChI is InChI=1S/C13H30N2/c1-6-13(7-2)15(10-11(3)4)9-8-12(5)14/h11-13H,6-10,14H2,1-5H3. The highest BCUT2D eigenvalue weighted by molar-refractivity contribution is 4.71. The minimum absolute atomic E-state index is 0.328. The molecule has 0 fully saturated rings. The van der Waals surface area contributed by atoms with Crippen molar-refractivity contribution in [3.63, 3.8) is 0 Å². The number of nitrogens with zero attached hydrogens (tertiary/aromatic N) is 1. The van der Waals surface area contributed by atoms with E-state index in [2.05, 4.69) is 39.5 Å². The fourth-order valence-corrected chi connectivity index (χ4v) is 2.07. The lowest BCUT2D eigenvalue weighted by Gasteiger charge is -2.32. The lowest BCUT2D eigenvalue weighted by atomic mass is 10.1. The normalized spacial score (nSPS) is 14.2. The molecule has 15 heavy (non-hydrogen) atoms. The molecule has 0 aromatic carbocycles. The third kappa shape index (κ3) is 6.91. The highest BCUT2D eigenvalue weighted by Gasteiger charge is 2.16. The molecule has 1 unspecified atom stereocenters. The van der Waals surface area contributed by atoms with E-state index in [0.29, 0.717) is 6.04 Å². The summed E-state index contributed by atoms with van der Waals surface area (Å²) in [5.41, 5.74) is 5.83. The van der Waals surface area contributed by atoms with Crippen LogP contribution in [0.2, 0.25) is 0 Å². The Bertz CT molecular complexity index is 139. The second-order valence-corrected chi connectivity index (χ2v) is 5.13. The molecule has 2 nitrogen and oxygen atoms in total. The van der Waals surface area contributed by atoms with Gasteiger partial charge in [0, 0.05) is 18.6 Å². The van der Waals surface area contributed by atoms with E-state index in [-0.39, 0.29) is 0 Å². The molecular weight excluding hydrogens is 184 g/mol. The number of hydrogen-bond acceptors (Lipinski definition) is 2. The Balaban J connectivity index is 4.15. The first-order chi connectivity index (χ1) is 7.01. The summed E-state index contributed by atoms with van der Waals surface area (Å²) < 4.78 is 0. The summed E-state index contributed by atoms with van der Waals surface area (Å²) in [5, 5.41) is 0. The number of nitrogens with two attached hydrogens (primary N) is 1. The highest BCUT2D eigenvalue weighted by Crippen LogP contribution is 2.12. The SMILES string of the molecule is CCC(CC)N(CCC(C)N)CC(C)C. The van der Waals surface area contributed by atoms with Crippen LogP contribution in [0.5, 0.6) is 0 Å². The largest absolute Gasteiger partial charge is 0.328 e. The van der Waals surface area contributed by atoms with Gasteiger partial charge < -0.3 is 10.6 Å². The van der Waals surface area contributed by atoms with Gasteiger partial charge in [-0.2, -0.15) is 0 Å². The Morgan fingerprint density at radius 1 is 1.07 bits per heavy atom. The van der Waals surface area contributed by atoms with E-state index in [9.17, 15) is 0 Å². The van der Waals surface area contributed by atoms with Crippen molar-refractivity contribution in [3.8, 4) is 0 Å². The van der Waals surface area contributed by atoms with Crippen molar-refractivity contribution in [2.24, 2.45) is 11.7 Å². The van der Waals surface area contributed by atoms with Crippen LogP contribution in [0.4, 0.5) is 0 Å². The molecule has 0 saturated carbocycles. The summed E-state index contributed by atoms with van der Waals surface area (Å²) in [5.74, 6) is 0.749. The number of hydrogen-bond donors (Lipinski definition) is 1. The Morgan fingerprint density at radius 2 is 1.60 bits per heavy atom. The molecule has 2 heteroatoms. The van der Waals surface area contributed by atoms with E-state index >= 15 is 0 Å². The van der Waals surface area contributed by atoms with Gasteiger partial charge in [-0.25, -0.2) is 0 Å². The van der Waals surface area contributed by atoms with E-state index in [0.717, 1.165) is 24.9 Å².